The summed E-state index contributed by atoms with van der Waals surface area (Å²) in [7, 11) is -0.927. The van der Waals surface area contributed by atoms with Crippen LogP contribution in [0.2, 0.25) is 0 Å². The summed E-state index contributed by atoms with van der Waals surface area (Å²) in [5.74, 6) is 0. The van der Waals surface area contributed by atoms with Gasteiger partial charge in [-0.1, -0.05) is 72.8 Å². The molecule has 0 aromatic heterocycles. The summed E-state index contributed by atoms with van der Waals surface area (Å²) in [5.41, 5.74) is 3.81. The molecule has 0 saturated carbocycles. The van der Waals surface area contributed by atoms with Crippen LogP contribution < -0.4 is 5.32 Å². The topological polar surface area (TPSA) is 29.1 Å². The molecule has 0 aliphatic rings. The zero-order valence-electron chi connectivity index (χ0n) is 14.4. The van der Waals surface area contributed by atoms with Gasteiger partial charge in [-0.15, -0.1) is 0 Å². The Morgan fingerprint density at radius 1 is 0.800 bits per heavy atom. The smallest absolute Gasteiger partial charge is 0.0498 e. The van der Waals surface area contributed by atoms with E-state index in [1.165, 1.54) is 16.7 Å². The molecule has 0 bridgehead atoms. The number of rotatable bonds is 7. The van der Waals surface area contributed by atoms with Gasteiger partial charge >= 0.3 is 0 Å². The standard InChI is InChI=1S/C22H23NOS/c1-25(24)21-14-12-19(13-15-21)17-23-22(20-10-6-3-7-11-20)16-18-8-4-2-5-9-18/h2-15,22-23H,16-17H2,1H3/t22-,25-/m1/s1. The quantitative estimate of drug-likeness (QED) is 0.680. The Morgan fingerprint density at radius 2 is 1.40 bits per heavy atom. The Hall–Kier alpha value is -2.23. The predicted octanol–water partition coefficient (Wildman–Crippen LogP) is 4.50. The molecule has 0 heterocycles. The summed E-state index contributed by atoms with van der Waals surface area (Å²) >= 11 is 0. The van der Waals surface area contributed by atoms with Crippen molar-refractivity contribution in [2.45, 2.75) is 23.9 Å². The molecule has 0 amide bonds. The van der Waals surface area contributed by atoms with Gasteiger partial charge in [-0.25, -0.2) is 0 Å². The third-order valence-electron chi connectivity index (χ3n) is 4.29. The normalized spacial score (nSPS) is 13.3. The molecular weight excluding hydrogens is 326 g/mol. The van der Waals surface area contributed by atoms with Crippen molar-refractivity contribution in [2.75, 3.05) is 6.26 Å². The molecule has 0 spiro atoms. The maximum absolute atomic E-state index is 11.5. The van der Waals surface area contributed by atoms with Crippen LogP contribution in [0.15, 0.2) is 89.8 Å². The summed E-state index contributed by atoms with van der Waals surface area (Å²) in [6.45, 7) is 0.781. The summed E-state index contributed by atoms with van der Waals surface area (Å²) in [4.78, 5) is 0.868. The highest BCUT2D eigenvalue weighted by Gasteiger charge is 2.11. The molecule has 0 radical (unpaired) electrons. The third-order valence-corrected chi connectivity index (χ3v) is 5.23. The summed E-state index contributed by atoms with van der Waals surface area (Å²) in [6.07, 6.45) is 2.65. The van der Waals surface area contributed by atoms with Gasteiger partial charge in [-0.2, -0.15) is 0 Å². The molecule has 2 nitrogen and oxygen atoms in total. The molecule has 25 heavy (non-hydrogen) atoms. The van der Waals surface area contributed by atoms with Crippen molar-refractivity contribution in [2.24, 2.45) is 0 Å². The van der Waals surface area contributed by atoms with Gasteiger partial charge < -0.3 is 5.32 Å². The highest BCUT2D eigenvalue weighted by molar-refractivity contribution is 7.84. The van der Waals surface area contributed by atoms with E-state index in [0.717, 1.165) is 17.9 Å². The van der Waals surface area contributed by atoms with Gasteiger partial charge in [0, 0.05) is 34.5 Å². The van der Waals surface area contributed by atoms with Gasteiger partial charge in [0.25, 0.3) is 0 Å². The van der Waals surface area contributed by atoms with Crippen LogP contribution in [0.25, 0.3) is 0 Å². The minimum absolute atomic E-state index is 0.253. The number of nitrogens with one attached hydrogen (secondary N) is 1. The third kappa shape index (κ3) is 5.12. The van der Waals surface area contributed by atoms with E-state index >= 15 is 0 Å². The van der Waals surface area contributed by atoms with E-state index in [2.05, 4.69) is 53.8 Å². The fraction of sp³-hybridized carbons (Fsp3) is 0.182. The lowest BCUT2D eigenvalue weighted by Crippen LogP contribution is -2.23. The van der Waals surface area contributed by atoms with E-state index in [0.29, 0.717) is 0 Å². The van der Waals surface area contributed by atoms with Crippen LogP contribution in [-0.2, 0) is 23.8 Å². The van der Waals surface area contributed by atoms with Crippen molar-refractivity contribution >= 4 is 10.8 Å². The Morgan fingerprint density at radius 3 is 2.00 bits per heavy atom. The van der Waals surface area contributed by atoms with Crippen molar-refractivity contribution in [3.8, 4) is 0 Å². The molecule has 3 rings (SSSR count). The molecule has 128 valence electrons. The van der Waals surface area contributed by atoms with Gasteiger partial charge in [0.2, 0.25) is 0 Å². The summed E-state index contributed by atoms with van der Waals surface area (Å²) in [6, 6.07) is 29.4. The maximum atomic E-state index is 11.5. The van der Waals surface area contributed by atoms with Crippen molar-refractivity contribution in [1.82, 2.24) is 5.32 Å². The minimum Gasteiger partial charge on any atom is -0.306 e. The zero-order valence-corrected chi connectivity index (χ0v) is 15.2. The maximum Gasteiger partial charge on any atom is 0.0498 e. The number of hydrogen-bond donors (Lipinski definition) is 1. The second-order valence-corrected chi connectivity index (χ2v) is 7.51. The Kier molecular flexibility index (Phi) is 6.15. The molecule has 0 aliphatic heterocycles. The number of hydrogen-bond acceptors (Lipinski definition) is 2. The first-order valence-electron chi connectivity index (χ1n) is 8.47. The molecule has 3 aromatic rings. The Balaban J connectivity index is 1.72. The van der Waals surface area contributed by atoms with Crippen molar-refractivity contribution in [3.63, 3.8) is 0 Å². The molecular formula is C22H23NOS. The first-order valence-corrected chi connectivity index (χ1v) is 10.0. The predicted molar refractivity (Wildman–Crippen MR) is 105 cm³/mol. The van der Waals surface area contributed by atoms with Gasteiger partial charge in [0.1, 0.15) is 0 Å². The second-order valence-electron chi connectivity index (χ2n) is 6.13. The van der Waals surface area contributed by atoms with Gasteiger partial charge in [-0.05, 0) is 35.2 Å². The van der Waals surface area contributed by atoms with Gasteiger partial charge in [0.15, 0.2) is 0 Å². The van der Waals surface area contributed by atoms with E-state index in [-0.39, 0.29) is 6.04 Å². The molecule has 0 fully saturated rings. The van der Waals surface area contributed by atoms with Crippen LogP contribution in [0.1, 0.15) is 22.7 Å². The molecule has 1 N–H and O–H groups in total. The fourth-order valence-electron chi connectivity index (χ4n) is 2.88. The van der Waals surface area contributed by atoms with E-state index in [4.69, 9.17) is 0 Å². The van der Waals surface area contributed by atoms with Crippen LogP contribution in [-0.4, -0.2) is 10.5 Å². The van der Waals surface area contributed by atoms with E-state index < -0.39 is 10.8 Å². The highest BCUT2D eigenvalue weighted by atomic mass is 32.2. The summed E-state index contributed by atoms with van der Waals surface area (Å²) < 4.78 is 11.5. The summed E-state index contributed by atoms with van der Waals surface area (Å²) in [5, 5.41) is 3.67. The second kappa shape index (κ2) is 8.75. The molecule has 2 atom stereocenters. The minimum atomic E-state index is -0.927. The first kappa shape index (κ1) is 17.6. The van der Waals surface area contributed by atoms with Crippen LogP contribution in [0.3, 0.4) is 0 Å². The fourth-order valence-corrected chi connectivity index (χ4v) is 3.40. The van der Waals surface area contributed by atoms with Gasteiger partial charge in [0.05, 0.1) is 0 Å². The Bertz CT molecular complexity index is 800. The molecule has 0 aliphatic carbocycles. The van der Waals surface area contributed by atoms with E-state index in [1.807, 2.05) is 36.4 Å². The highest BCUT2D eigenvalue weighted by Crippen LogP contribution is 2.19. The van der Waals surface area contributed by atoms with Crippen LogP contribution >= 0.6 is 0 Å². The molecule has 0 unspecified atom stereocenters. The largest absolute Gasteiger partial charge is 0.306 e. The first-order chi connectivity index (χ1) is 12.2. The van der Waals surface area contributed by atoms with E-state index in [1.54, 1.807) is 6.26 Å². The SMILES string of the molecule is C[S@@](=O)c1ccc(CN[C@H](Cc2ccccc2)c2ccccc2)cc1. The average molecular weight is 349 g/mol. The van der Waals surface area contributed by atoms with Crippen molar-refractivity contribution in [1.29, 1.82) is 0 Å². The van der Waals surface area contributed by atoms with E-state index in [9.17, 15) is 4.21 Å². The molecule has 3 heteroatoms. The average Bonchev–Trinajstić information content (AvgIpc) is 2.67. The van der Waals surface area contributed by atoms with Crippen LogP contribution in [0.4, 0.5) is 0 Å². The van der Waals surface area contributed by atoms with Crippen LogP contribution in [0.5, 0.6) is 0 Å². The lowest BCUT2D eigenvalue weighted by molar-refractivity contribution is 0.530. The van der Waals surface area contributed by atoms with Crippen molar-refractivity contribution in [3.05, 3.63) is 102 Å². The lowest BCUT2D eigenvalue weighted by atomic mass is 9.98. The zero-order chi connectivity index (χ0) is 17.5. The van der Waals surface area contributed by atoms with Crippen molar-refractivity contribution < 1.29 is 4.21 Å². The lowest BCUT2D eigenvalue weighted by Gasteiger charge is -2.20. The van der Waals surface area contributed by atoms with Gasteiger partial charge in [-0.3, -0.25) is 4.21 Å². The molecule has 3 aromatic carbocycles. The van der Waals surface area contributed by atoms with Crippen LogP contribution in [0, 0.1) is 0 Å². The monoisotopic (exact) mass is 349 g/mol. The molecule has 0 saturated heterocycles. The number of benzene rings is 3. The Labute approximate surface area is 152 Å².